The van der Waals surface area contributed by atoms with Crippen molar-refractivity contribution in [2.24, 2.45) is 0 Å². The molecule has 3 rings (SSSR count). The smallest absolute Gasteiger partial charge is 0.244 e. The molecule has 2 fully saturated rings. The Morgan fingerprint density at radius 3 is 2.67 bits per heavy atom. The molecule has 1 atom stereocenters. The molecule has 7 nitrogen and oxygen atoms in total. The van der Waals surface area contributed by atoms with Crippen LogP contribution in [0.25, 0.3) is 0 Å². The van der Waals surface area contributed by atoms with Crippen LogP contribution in [0.4, 0.5) is 0 Å². The minimum absolute atomic E-state index is 0.104. The maximum absolute atomic E-state index is 13.3. The zero-order chi connectivity index (χ0) is 19.4. The van der Waals surface area contributed by atoms with Gasteiger partial charge in [0.1, 0.15) is 11.8 Å². The van der Waals surface area contributed by atoms with Crippen LogP contribution in [0.1, 0.15) is 12.8 Å². The van der Waals surface area contributed by atoms with E-state index >= 15 is 0 Å². The van der Waals surface area contributed by atoms with Gasteiger partial charge < -0.3 is 9.64 Å². The first-order valence-electron chi connectivity index (χ1n) is 9.25. The van der Waals surface area contributed by atoms with Gasteiger partial charge in [-0.05, 0) is 25.0 Å². The number of carbonyl (C=O) groups excluding carboxylic acids is 1. The first kappa shape index (κ1) is 19.9. The summed E-state index contributed by atoms with van der Waals surface area (Å²) < 4.78 is 33.1. The van der Waals surface area contributed by atoms with Crippen molar-refractivity contribution in [1.82, 2.24) is 14.1 Å². The first-order valence-corrected chi connectivity index (χ1v) is 10.7. The molecular weight excluding hydrogens is 366 g/mol. The van der Waals surface area contributed by atoms with Crippen molar-refractivity contribution in [3.8, 4) is 5.75 Å². The Labute approximate surface area is 161 Å². The Kier molecular flexibility index (Phi) is 6.18. The van der Waals surface area contributed by atoms with Crippen molar-refractivity contribution < 1.29 is 17.9 Å². The third-order valence-corrected chi connectivity index (χ3v) is 7.06. The third-order valence-electron chi connectivity index (χ3n) is 5.15. The average molecular weight is 394 g/mol. The normalized spacial score (nSPS) is 22.0. The first-order chi connectivity index (χ1) is 13.0. The lowest BCUT2D eigenvalue weighted by Crippen LogP contribution is -2.60. The topological polar surface area (TPSA) is 70.2 Å². The predicted molar refractivity (Wildman–Crippen MR) is 103 cm³/mol. The molecule has 1 amide bonds. The molecular formula is C19H27N3O4S. The lowest BCUT2D eigenvalue weighted by Gasteiger charge is -2.40. The number of hydrogen-bond acceptors (Lipinski definition) is 5. The zero-order valence-corrected chi connectivity index (χ0v) is 16.5. The van der Waals surface area contributed by atoms with Crippen molar-refractivity contribution in [2.75, 3.05) is 46.4 Å². The molecule has 0 radical (unpaired) electrons. The van der Waals surface area contributed by atoms with E-state index in [0.717, 1.165) is 12.8 Å². The SMILES string of the molecule is C=CCN1CCN(S(=O)(=O)c2cccc(OC)c2)C(C(=O)N2CCCC2)C1. The van der Waals surface area contributed by atoms with Gasteiger partial charge in [0.25, 0.3) is 0 Å². The molecule has 2 aliphatic heterocycles. The van der Waals surface area contributed by atoms with Crippen molar-refractivity contribution in [2.45, 2.75) is 23.8 Å². The Hall–Kier alpha value is -1.90. The van der Waals surface area contributed by atoms with Gasteiger partial charge in [0, 0.05) is 45.3 Å². The molecule has 2 aliphatic rings. The number of carbonyl (C=O) groups is 1. The second kappa shape index (κ2) is 8.41. The summed E-state index contributed by atoms with van der Waals surface area (Å²) in [5, 5.41) is 0. The van der Waals surface area contributed by atoms with Gasteiger partial charge in [0.2, 0.25) is 15.9 Å². The third kappa shape index (κ3) is 4.17. The van der Waals surface area contributed by atoms with Crippen LogP contribution in [0.2, 0.25) is 0 Å². The second-order valence-electron chi connectivity index (χ2n) is 6.89. The van der Waals surface area contributed by atoms with Gasteiger partial charge >= 0.3 is 0 Å². The summed E-state index contributed by atoms with van der Waals surface area (Å²) in [6.45, 7) is 7.01. The Morgan fingerprint density at radius 2 is 2.00 bits per heavy atom. The number of sulfonamides is 1. The molecule has 1 aromatic rings. The van der Waals surface area contributed by atoms with Crippen molar-refractivity contribution in [3.63, 3.8) is 0 Å². The Bertz CT molecular complexity index is 790. The lowest BCUT2D eigenvalue weighted by molar-refractivity contribution is -0.136. The van der Waals surface area contributed by atoms with Crippen LogP contribution in [-0.2, 0) is 14.8 Å². The molecule has 0 saturated carbocycles. The molecule has 2 heterocycles. The molecule has 1 unspecified atom stereocenters. The molecule has 2 saturated heterocycles. The average Bonchev–Trinajstić information content (AvgIpc) is 3.22. The minimum atomic E-state index is -3.80. The van der Waals surface area contributed by atoms with E-state index in [0.29, 0.717) is 38.5 Å². The van der Waals surface area contributed by atoms with E-state index in [1.807, 2.05) is 0 Å². The molecule has 0 aromatic heterocycles. The Balaban J connectivity index is 1.91. The summed E-state index contributed by atoms with van der Waals surface area (Å²) in [6, 6.07) is 5.69. The number of benzene rings is 1. The van der Waals surface area contributed by atoms with Crippen LogP contribution >= 0.6 is 0 Å². The van der Waals surface area contributed by atoms with Crippen LogP contribution in [0, 0.1) is 0 Å². The number of hydrogen-bond donors (Lipinski definition) is 0. The molecule has 27 heavy (non-hydrogen) atoms. The molecule has 0 bridgehead atoms. The quantitative estimate of drug-likeness (QED) is 0.679. The number of rotatable bonds is 6. The van der Waals surface area contributed by atoms with E-state index in [1.165, 1.54) is 17.5 Å². The van der Waals surface area contributed by atoms with E-state index in [1.54, 1.807) is 29.2 Å². The van der Waals surface area contributed by atoms with Crippen molar-refractivity contribution >= 4 is 15.9 Å². The minimum Gasteiger partial charge on any atom is -0.497 e. The number of ether oxygens (including phenoxy) is 1. The van der Waals surface area contributed by atoms with E-state index in [2.05, 4.69) is 11.5 Å². The molecule has 148 valence electrons. The van der Waals surface area contributed by atoms with Crippen LogP contribution in [0.5, 0.6) is 5.75 Å². The molecule has 0 aliphatic carbocycles. The van der Waals surface area contributed by atoms with Gasteiger partial charge in [0.15, 0.2) is 0 Å². The molecule has 0 spiro atoms. The van der Waals surface area contributed by atoms with E-state index in [-0.39, 0.29) is 17.3 Å². The largest absolute Gasteiger partial charge is 0.497 e. The summed E-state index contributed by atoms with van der Waals surface area (Å²) in [6.07, 6.45) is 3.72. The van der Waals surface area contributed by atoms with Crippen molar-refractivity contribution in [3.05, 3.63) is 36.9 Å². The summed E-state index contributed by atoms with van der Waals surface area (Å²) in [5.41, 5.74) is 0. The van der Waals surface area contributed by atoms with E-state index < -0.39 is 16.1 Å². The number of piperazine rings is 1. The zero-order valence-electron chi connectivity index (χ0n) is 15.7. The molecule has 8 heteroatoms. The van der Waals surface area contributed by atoms with Gasteiger partial charge in [-0.3, -0.25) is 9.69 Å². The number of methoxy groups -OCH3 is 1. The fourth-order valence-electron chi connectivity index (χ4n) is 3.71. The van der Waals surface area contributed by atoms with Gasteiger partial charge in [-0.15, -0.1) is 6.58 Å². The van der Waals surface area contributed by atoms with E-state index in [4.69, 9.17) is 4.74 Å². The van der Waals surface area contributed by atoms with Gasteiger partial charge in [-0.1, -0.05) is 12.1 Å². The highest BCUT2D eigenvalue weighted by Crippen LogP contribution is 2.26. The fraction of sp³-hybridized carbons (Fsp3) is 0.526. The molecule has 0 N–H and O–H groups in total. The van der Waals surface area contributed by atoms with Gasteiger partial charge in [-0.2, -0.15) is 4.31 Å². The summed E-state index contributed by atoms with van der Waals surface area (Å²) >= 11 is 0. The highest BCUT2D eigenvalue weighted by Gasteiger charge is 2.42. The van der Waals surface area contributed by atoms with Crippen LogP contribution < -0.4 is 4.74 Å². The number of amides is 1. The van der Waals surface area contributed by atoms with E-state index in [9.17, 15) is 13.2 Å². The number of nitrogens with zero attached hydrogens (tertiary/aromatic N) is 3. The van der Waals surface area contributed by atoms with Crippen LogP contribution in [0.3, 0.4) is 0 Å². The second-order valence-corrected chi connectivity index (χ2v) is 8.78. The van der Waals surface area contributed by atoms with Gasteiger partial charge in [0.05, 0.1) is 12.0 Å². The standard InChI is InChI=1S/C19H27N3O4S/c1-3-9-20-12-13-22(18(15-20)19(23)21-10-4-5-11-21)27(24,25)17-8-6-7-16(14-17)26-2/h3,6-8,14,18H,1,4-5,9-13,15H2,2H3. The molecule has 1 aromatic carbocycles. The highest BCUT2D eigenvalue weighted by atomic mass is 32.2. The number of likely N-dealkylation sites (tertiary alicyclic amines) is 1. The Morgan fingerprint density at radius 1 is 1.26 bits per heavy atom. The fourth-order valence-corrected chi connectivity index (χ4v) is 5.31. The maximum Gasteiger partial charge on any atom is 0.244 e. The summed E-state index contributed by atoms with van der Waals surface area (Å²) in [7, 11) is -2.30. The predicted octanol–water partition coefficient (Wildman–Crippen LogP) is 1.18. The van der Waals surface area contributed by atoms with Crippen molar-refractivity contribution in [1.29, 1.82) is 0 Å². The van der Waals surface area contributed by atoms with Crippen LogP contribution in [0.15, 0.2) is 41.8 Å². The summed E-state index contributed by atoms with van der Waals surface area (Å²) in [5.74, 6) is 0.372. The monoisotopic (exact) mass is 393 g/mol. The maximum atomic E-state index is 13.3. The lowest BCUT2D eigenvalue weighted by atomic mass is 10.2. The highest BCUT2D eigenvalue weighted by molar-refractivity contribution is 7.89. The van der Waals surface area contributed by atoms with Gasteiger partial charge in [-0.25, -0.2) is 8.42 Å². The summed E-state index contributed by atoms with van der Waals surface area (Å²) in [4.78, 5) is 17.1. The van der Waals surface area contributed by atoms with Crippen LogP contribution in [-0.4, -0.2) is 80.9 Å².